The minimum atomic E-state index is -3.58. The number of hydrogen-bond donors (Lipinski definition) is 2. The average Bonchev–Trinajstić information content (AvgIpc) is 3.09. The van der Waals surface area contributed by atoms with Crippen molar-refractivity contribution < 1.29 is 28.2 Å². The number of carboxylic acids is 1. The molecule has 1 saturated carbocycles. The maximum atomic E-state index is 11.8. The van der Waals surface area contributed by atoms with Crippen LogP contribution in [0.2, 0.25) is 0 Å². The zero-order valence-corrected chi connectivity index (χ0v) is 11.9. The van der Waals surface area contributed by atoms with E-state index in [4.69, 9.17) is 4.74 Å². The molecule has 1 fully saturated rings. The van der Waals surface area contributed by atoms with E-state index in [2.05, 4.69) is 0 Å². The highest BCUT2D eigenvalue weighted by Gasteiger charge is 2.74. The van der Waals surface area contributed by atoms with Crippen LogP contribution in [-0.4, -0.2) is 49.8 Å². The molecular weight excluding hydrogens is 284 g/mol. The van der Waals surface area contributed by atoms with Crippen LogP contribution in [0.1, 0.15) is 11.5 Å². The van der Waals surface area contributed by atoms with Crippen LogP contribution in [0.4, 0.5) is 0 Å². The molecule has 3 atom stereocenters. The Labute approximate surface area is 116 Å². The number of sulfone groups is 1. The SMILES string of the molecule is COc1ccc(C2C(S(C)(=O)=O)C2(CO)C(=O)O)cc1. The van der Waals surface area contributed by atoms with Gasteiger partial charge in [-0.3, -0.25) is 4.79 Å². The first-order chi connectivity index (χ1) is 9.29. The summed E-state index contributed by atoms with van der Waals surface area (Å²) in [7, 11) is -2.08. The lowest BCUT2D eigenvalue weighted by molar-refractivity contribution is -0.145. The first-order valence-corrected chi connectivity index (χ1v) is 7.91. The van der Waals surface area contributed by atoms with Gasteiger partial charge in [0, 0.05) is 12.2 Å². The number of carbonyl (C=O) groups is 1. The molecule has 7 heteroatoms. The smallest absolute Gasteiger partial charge is 0.314 e. The first kappa shape index (κ1) is 14.8. The normalized spacial score (nSPS) is 28.9. The predicted octanol–water partition coefficient (Wildman–Crippen LogP) is 0.269. The van der Waals surface area contributed by atoms with E-state index in [0.717, 1.165) is 6.26 Å². The molecule has 0 aromatic heterocycles. The van der Waals surface area contributed by atoms with Crippen LogP contribution in [0, 0.1) is 5.41 Å². The van der Waals surface area contributed by atoms with Gasteiger partial charge in [-0.15, -0.1) is 0 Å². The lowest BCUT2D eigenvalue weighted by atomic mass is 10.00. The Morgan fingerprint density at radius 3 is 2.20 bits per heavy atom. The average molecular weight is 300 g/mol. The van der Waals surface area contributed by atoms with E-state index in [1.165, 1.54) is 7.11 Å². The van der Waals surface area contributed by atoms with E-state index >= 15 is 0 Å². The quantitative estimate of drug-likeness (QED) is 0.809. The topological polar surface area (TPSA) is 101 Å². The summed E-state index contributed by atoms with van der Waals surface area (Å²) in [5.74, 6) is -1.45. The minimum absolute atomic E-state index is 0.567. The molecule has 1 aromatic carbocycles. The second-order valence-corrected chi connectivity index (χ2v) is 7.17. The van der Waals surface area contributed by atoms with Gasteiger partial charge in [-0.2, -0.15) is 0 Å². The summed E-state index contributed by atoms with van der Waals surface area (Å²) in [5.41, 5.74) is -1.08. The predicted molar refractivity (Wildman–Crippen MR) is 71.5 cm³/mol. The van der Waals surface area contributed by atoms with Crippen molar-refractivity contribution in [1.29, 1.82) is 0 Å². The van der Waals surface area contributed by atoms with Gasteiger partial charge in [0.25, 0.3) is 0 Å². The second kappa shape index (κ2) is 4.75. The number of carboxylic acid groups (broad SMARTS) is 1. The molecule has 1 aliphatic rings. The molecule has 1 aliphatic carbocycles. The molecular formula is C13H16O6S. The van der Waals surface area contributed by atoms with E-state index in [1.807, 2.05) is 0 Å². The van der Waals surface area contributed by atoms with Crippen LogP contribution in [0.15, 0.2) is 24.3 Å². The van der Waals surface area contributed by atoms with Crippen molar-refractivity contribution in [3.05, 3.63) is 29.8 Å². The molecule has 0 radical (unpaired) electrons. The second-order valence-electron chi connectivity index (χ2n) is 5.00. The van der Waals surface area contributed by atoms with Gasteiger partial charge in [0.05, 0.1) is 19.0 Å². The van der Waals surface area contributed by atoms with E-state index < -0.39 is 39.0 Å². The fraction of sp³-hybridized carbons (Fsp3) is 0.462. The van der Waals surface area contributed by atoms with Gasteiger partial charge in [0.2, 0.25) is 0 Å². The third kappa shape index (κ3) is 2.06. The number of aliphatic carboxylic acids is 1. The molecule has 1 aromatic rings. The maximum absolute atomic E-state index is 11.8. The zero-order valence-electron chi connectivity index (χ0n) is 11.1. The summed E-state index contributed by atoms with van der Waals surface area (Å²) < 4.78 is 28.6. The number of benzene rings is 1. The Hall–Kier alpha value is -1.60. The van der Waals surface area contributed by atoms with Crippen molar-refractivity contribution >= 4 is 15.8 Å². The molecule has 6 nitrogen and oxygen atoms in total. The summed E-state index contributed by atoms with van der Waals surface area (Å²) in [5, 5.41) is 17.6. The summed E-state index contributed by atoms with van der Waals surface area (Å²) in [6.07, 6.45) is 0.995. The Balaban J connectivity index is 2.46. The Bertz CT molecular complexity index is 621. The summed E-state index contributed by atoms with van der Waals surface area (Å²) in [4.78, 5) is 11.4. The molecule has 110 valence electrons. The molecule has 0 bridgehead atoms. The highest BCUT2D eigenvalue weighted by atomic mass is 32.2. The van der Waals surface area contributed by atoms with Crippen LogP contribution >= 0.6 is 0 Å². The van der Waals surface area contributed by atoms with Gasteiger partial charge in [0.1, 0.15) is 11.2 Å². The molecule has 3 unspecified atom stereocenters. The van der Waals surface area contributed by atoms with Crippen molar-refractivity contribution in [2.24, 2.45) is 5.41 Å². The summed E-state index contributed by atoms with van der Waals surface area (Å²) in [6, 6.07) is 6.53. The number of aliphatic hydroxyl groups is 1. The number of hydrogen-bond acceptors (Lipinski definition) is 5. The first-order valence-electron chi connectivity index (χ1n) is 5.96. The van der Waals surface area contributed by atoms with Crippen molar-refractivity contribution in [3.63, 3.8) is 0 Å². The number of ether oxygens (including phenoxy) is 1. The third-order valence-electron chi connectivity index (χ3n) is 3.85. The Morgan fingerprint density at radius 2 is 1.90 bits per heavy atom. The molecule has 0 amide bonds. The fourth-order valence-electron chi connectivity index (χ4n) is 2.83. The van der Waals surface area contributed by atoms with Gasteiger partial charge < -0.3 is 14.9 Å². The van der Waals surface area contributed by atoms with Crippen molar-refractivity contribution in [1.82, 2.24) is 0 Å². The number of methoxy groups -OCH3 is 1. The number of aliphatic hydroxyl groups excluding tert-OH is 1. The number of rotatable bonds is 5. The zero-order chi connectivity index (χ0) is 15.1. The van der Waals surface area contributed by atoms with E-state index in [0.29, 0.717) is 11.3 Å². The standard InChI is InChI=1S/C13H16O6S/c1-19-9-5-3-8(4-6-9)10-11(20(2,17)18)13(10,7-14)12(15)16/h3-6,10-11,14H,7H2,1-2H3,(H,15,16). The highest BCUT2D eigenvalue weighted by Crippen LogP contribution is 2.62. The van der Waals surface area contributed by atoms with Crippen LogP contribution < -0.4 is 4.74 Å². The fourth-order valence-corrected chi connectivity index (χ4v) is 4.73. The summed E-state index contributed by atoms with van der Waals surface area (Å²) in [6.45, 7) is -0.712. The van der Waals surface area contributed by atoms with Gasteiger partial charge in [-0.05, 0) is 17.7 Å². The Morgan fingerprint density at radius 1 is 1.35 bits per heavy atom. The van der Waals surface area contributed by atoms with Gasteiger partial charge in [-0.25, -0.2) is 8.42 Å². The monoisotopic (exact) mass is 300 g/mol. The Kier molecular flexibility index (Phi) is 3.51. The molecule has 0 heterocycles. The summed E-state index contributed by atoms with van der Waals surface area (Å²) >= 11 is 0. The van der Waals surface area contributed by atoms with E-state index in [-0.39, 0.29) is 0 Å². The third-order valence-corrected chi connectivity index (χ3v) is 5.47. The largest absolute Gasteiger partial charge is 0.497 e. The molecule has 2 N–H and O–H groups in total. The highest BCUT2D eigenvalue weighted by molar-refractivity contribution is 7.91. The van der Waals surface area contributed by atoms with Crippen molar-refractivity contribution in [3.8, 4) is 5.75 Å². The maximum Gasteiger partial charge on any atom is 0.314 e. The van der Waals surface area contributed by atoms with Crippen molar-refractivity contribution in [2.75, 3.05) is 20.0 Å². The van der Waals surface area contributed by atoms with E-state index in [9.17, 15) is 23.4 Å². The van der Waals surface area contributed by atoms with E-state index in [1.54, 1.807) is 24.3 Å². The van der Waals surface area contributed by atoms with Gasteiger partial charge in [-0.1, -0.05) is 12.1 Å². The lowest BCUT2D eigenvalue weighted by Crippen LogP contribution is -2.27. The molecule has 0 saturated heterocycles. The molecule has 20 heavy (non-hydrogen) atoms. The van der Waals surface area contributed by atoms with Crippen LogP contribution in [0.3, 0.4) is 0 Å². The van der Waals surface area contributed by atoms with Crippen LogP contribution in [0.25, 0.3) is 0 Å². The molecule has 0 spiro atoms. The van der Waals surface area contributed by atoms with Gasteiger partial charge >= 0.3 is 5.97 Å². The van der Waals surface area contributed by atoms with Crippen LogP contribution in [-0.2, 0) is 14.6 Å². The minimum Gasteiger partial charge on any atom is -0.497 e. The lowest BCUT2D eigenvalue weighted by Gasteiger charge is -2.08. The molecule has 2 rings (SSSR count). The van der Waals surface area contributed by atoms with Crippen molar-refractivity contribution in [2.45, 2.75) is 11.2 Å². The molecule has 0 aliphatic heterocycles. The van der Waals surface area contributed by atoms with Crippen LogP contribution in [0.5, 0.6) is 5.75 Å². The van der Waals surface area contributed by atoms with Gasteiger partial charge in [0.15, 0.2) is 9.84 Å².